The van der Waals surface area contributed by atoms with Crippen LogP contribution in [-0.4, -0.2) is 220 Å². The van der Waals surface area contributed by atoms with Crippen molar-refractivity contribution in [2.75, 3.05) is 88.9 Å². The van der Waals surface area contributed by atoms with Gasteiger partial charge in [-0.25, -0.2) is 48.9 Å². The molecule has 0 saturated carbocycles. The number of H-pyrrole nitrogens is 5. The molecule has 0 saturated heterocycles. The SMILES string of the molecule is Cc1cc(=O)[nH]c(NC(=O)NCCCCCC(=O)CC(CS)C(=O)O)n1.Cc1cc(=O)[nH]c(NC(=O)NCCCCCC(=O)CSC(=N)N)n1.Cc1cc(=O)[nH]c(NC(=O)NCCCCCCCC(=O)OCCCSC(=N)N)n1.Cc1cc(=O)[nH]c(NC(=O)NCCCSC(=N)N)n1.Cc1cc(=O)[nH]c(NC(=O)NCCC[Si](O[Si](C)(C)C)(O[Si](C)(C)C)O[Si](C)(C)C)n1.Cl.Cl.Cl. The Bertz CT molecular complexity index is 4700. The molecule has 5 aromatic heterocycles. The summed E-state index contributed by atoms with van der Waals surface area (Å²) < 4.78 is 25.0. The van der Waals surface area contributed by atoms with Crippen LogP contribution in [0.15, 0.2) is 54.3 Å². The summed E-state index contributed by atoms with van der Waals surface area (Å²) in [5.41, 5.74) is 16.5. The van der Waals surface area contributed by atoms with Crippen molar-refractivity contribution in [2.45, 2.75) is 215 Å². The molecule has 5 rings (SSSR count). The first-order valence-electron chi connectivity index (χ1n) is 41.6. The second kappa shape index (κ2) is 69.3. The monoisotopic (exact) mass is 2060 g/mol. The predicted octanol–water partition coefficient (Wildman–Crippen LogP) is 9.97. The van der Waals surface area contributed by atoms with Gasteiger partial charge in [-0.3, -0.25) is 111 Å². The maximum Gasteiger partial charge on any atom is 0.469 e. The number of nitrogens with two attached hydrogens (primary N) is 3. The van der Waals surface area contributed by atoms with Gasteiger partial charge in [-0.05, 0) is 151 Å². The molecule has 744 valence electrons. The predicted molar refractivity (Wildman–Crippen MR) is 541 cm³/mol. The molecule has 45 nitrogen and oxygen atoms in total. The standard InChI is InChI=1S/C18H30N6O4S.C18H40N4O5Si4.C16H24N4O5S.C14H22N6O3S.C10H16N6O2S.3ClH/c1-13-12-14(25)23-17(22-13)24-18(27)21-9-6-4-2-3-5-8-15(26)28-10-7-11-29-16(19)20;1-15-14-16(23)21-17(20-15)22-18(24)19-12-11-13-31(25-28(2,3)4,26-29(5,6)7)27-30(8,9)10;1-10-7-13(22)19-15(18-10)20-16(25)17-6-4-2-3-5-12(21)8-11(9-26)14(23)24;1-9-7-11(22)19-13(18-9)20-14(23)17-6-4-2-3-5-10(21)8-24-12(15)16;1-6-5-7(17)15-9(14-6)16-10(18)13-3-2-4-19-8(11)12;;;/h12H,2-11H2,1H3,(H3,19,20)(H3,21,22,23,24,25,27);14H,11-13H2,1-10H3,(H3,19,20,21,22,23,24);7,11,26H,2-6,8-9H2,1H3,(H,23,24)(H3,17,18,19,20,22,25);7H,2-6,8H2,1H3,(H3,15,16)(H3,17,18,19,20,22,23);5H,2-4H2,1H3,(H3,11,12)(H3,13,14,15,16,17,18);3*1H. The molecule has 0 aliphatic carbocycles. The number of aromatic nitrogens is 10. The highest BCUT2D eigenvalue weighted by atomic mass is 35.5. The van der Waals surface area contributed by atoms with Crippen LogP contribution >= 0.6 is 85.1 Å². The van der Waals surface area contributed by atoms with Gasteiger partial charge >= 0.3 is 50.9 Å². The van der Waals surface area contributed by atoms with E-state index in [1.807, 2.05) is 0 Å². The number of hydrogen-bond acceptors (Lipinski definition) is 30. The number of anilines is 5. The van der Waals surface area contributed by atoms with Gasteiger partial charge in [0.25, 0.3) is 27.8 Å². The van der Waals surface area contributed by atoms with Crippen LogP contribution in [0.2, 0.25) is 65.0 Å². The molecule has 0 bridgehead atoms. The smallest absolute Gasteiger partial charge is 0.469 e. The molecule has 0 aliphatic heterocycles. The van der Waals surface area contributed by atoms with Gasteiger partial charge < -0.3 is 66.0 Å². The summed E-state index contributed by atoms with van der Waals surface area (Å²) in [5, 5.41) is 55.8. The summed E-state index contributed by atoms with van der Waals surface area (Å²) in [5.74, 6) is 0.283. The van der Waals surface area contributed by atoms with E-state index < -0.39 is 75.8 Å². The third-order valence-corrected chi connectivity index (χ3v) is 30.5. The number of hydrogen-bond donors (Lipinski definition) is 23. The van der Waals surface area contributed by atoms with Gasteiger partial charge in [-0.1, -0.05) is 67.4 Å². The molecule has 0 radical (unpaired) electrons. The third kappa shape index (κ3) is 70.2. The molecule has 1 atom stereocenters. The van der Waals surface area contributed by atoms with Gasteiger partial charge in [-0.15, -0.1) is 37.2 Å². The van der Waals surface area contributed by atoms with E-state index in [1.54, 1.807) is 34.6 Å². The molecule has 1 unspecified atom stereocenters. The number of urea groups is 5. The van der Waals surface area contributed by atoms with E-state index in [2.05, 4.69) is 175 Å². The number of carboxylic acid groups (broad SMARTS) is 1. The average Bonchev–Trinajstić information content (AvgIpc) is 0.801. The van der Waals surface area contributed by atoms with Crippen LogP contribution in [-0.2, 0) is 36.3 Å². The van der Waals surface area contributed by atoms with Gasteiger partial charge in [0.05, 0.1) is 18.3 Å². The number of aromatic amines is 5. The van der Waals surface area contributed by atoms with Gasteiger partial charge in [-0.2, -0.15) is 12.6 Å². The number of aryl methyl sites for hydroxylation is 5. The molecule has 0 aromatic carbocycles. The summed E-state index contributed by atoms with van der Waals surface area (Å²) in [6.45, 7) is 30.3. The molecule has 0 spiro atoms. The third-order valence-electron chi connectivity index (χ3n) is 15.6. The van der Waals surface area contributed by atoms with Crippen molar-refractivity contribution >= 4 is 218 Å². The van der Waals surface area contributed by atoms with Crippen molar-refractivity contribution < 1.29 is 65.3 Å². The van der Waals surface area contributed by atoms with E-state index in [-0.39, 0.29) is 146 Å². The number of nitrogens with one attached hydrogen (secondary N) is 18. The largest absolute Gasteiger partial charge is 0.481 e. The number of aliphatic carboxylic acids is 1. The zero-order valence-corrected chi connectivity index (χ0v) is 86.9. The van der Waals surface area contributed by atoms with E-state index in [0.717, 1.165) is 69.5 Å². The Hall–Kier alpha value is -9.54. The molecule has 5 aromatic rings. The number of carbonyl (C=O) groups excluding carboxylic acids is 8. The minimum Gasteiger partial charge on any atom is -0.481 e. The van der Waals surface area contributed by atoms with E-state index in [1.165, 1.54) is 53.9 Å². The zero-order valence-electron chi connectivity index (χ0n) is 77.1. The lowest BCUT2D eigenvalue weighted by atomic mass is 10.0. The average molecular weight is 2060 g/mol. The van der Waals surface area contributed by atoms with Crippen molar-refractivity contribution in [1.82, 2.24) is 76.4 Å². The highest BCUT2D eigenvalue weighted by Crippen LogP contribution is 2.30. The summed E-state index contributed by atoms with van der Waals surface area (Å²) in [6, 6.07) is 5.13. The number of ether oxygens (including phenoxy) is 1. The summed E-state index contributed by atoms with van der Waals surface area (Å²) in [4.78, 5) is 193. The molecule has 56 heteroatoms. The van der Waals surface area contributed by atoms with Crippen LogP contribution in [0.5, 0.6) is 0 Å². The van der Waals surface area contributed by atoms with Gasteiger partial charge in [0.2, 0.25) is 29.7 Å². The van der Waals surface area contributed by atoms with Crippen LogP contribution in [0.25, 0.3) is 0 Å². The van der Waals surface area contributed by atoms with Crippen LogP contribution < -0.4 is 98.2 Å². The number of unbranched alkanes of at least 4 members (excludes halogenated alkanes) is 8. The zero-order chi connectivity index (χ0) is 97.3. The maximum absolute atomic E-state index is 12.2. The Morgan fingerprint density at radius 3 is 0.977 bits per heavy atom. The summed E-state index contributed by atoms with van der Waals surface area (Å²) in [7, 11) is -8.67. The van der Waals surface area contributed by atoms with Crippen LogP contribution in [0.1, 0.15) is 144 Å². The molecule has 132 heavy (non-hydrogen) atoms. The van der Waals surface area contributed by atoms with E-state index in [9.17, 15) is 67.1 Å². The van der Waals surface area contributed by atoms with Crippen LogP contribution in [0, 0.1) is 56.8 Å². The van der Waals surface area contributed by atoms with E-state index in [4.69, 9.17) is 55.6 Å². The Morgan fingerprint density at radius 2 is 0.682 bits per heavy atom. The lowest BCUT2D eigenvalue weighted by Gasteiger charge is -2.43. The number of carboxylic acids is 1. The fraction of sp³-hybridized carbons (Fsp3) is 0.579. The molecule has 0 fully saturated rings. The van der Waals surface area contributed by atoms with Gasteiger partial charge in [0.1, 0.15) is 11.6 Å². The molecule has 0 aliphatic rings. The topological polar surface area (TPSA) is 709 Å². The minimum absolute atomic E-state index is 0. The van der Waals surface area contributed by atoms with E-state index >= 15 is 0 Å². The van der Waals surface area contributed by atoms with Gasteiger partial charge in [0, 0.05) is 141 Å². The van der Waals surface area contributed by atoms with Crippen molar-refractivity contribution in [1.29, 1.82) is 16.2 Å². The first-order valence-corrected chi connectivity index (χ1v) is 57.3. The number of amidine groups is 3. The summed E-state index contributed by atoms with van der Waals surface area (Å²) >= 11 is 7.42. The number of thioether (sulfide) groups is 3. The fourth-order valence-electron chi connectivity index (χ4n) is 10.6. The number of esters is 1. The lowest BCUT2D eigenvalue weighted by Crippen LogP contribution is -2.60. The Balaban J connectivity index is -0.00000158. The van der Waals surface area contributed by atoms with Crippen molar-refractivity contribution in [2.24, 2.45) is 23.1 Å². The maximum atomic E-state index is 12.2. The van der Waals surface area contributed by atoms with E-state index in [0.29, 0.717) is 137 Å². The van der Waals surface area contributed by atoms with Crippen LogP contribution in [0.3, 0.4) is 0 Å². The quantitative estimate of drug-likeness (QED) is 0.00430. The molecular weight excluding hydrogens is 1930 g/mol. The summed E-state index contributed by atoms with van der Waals surface area (Å²) in [6.07, 6.45) is 11.9. The normalized spacial score (nSPS) is 11.0. The fourth-order valence-corrected chi connectivity index (χ4v) is 27.0. The lowest BCUT2D eigenvalue weighted by molar-refractivity contribution is -0.144. The number of halogens is 3. The molecule has 10 amide bonds. The highest BCUT2D eigenvalue weighted by Gasteiger charge is 2.49. The molecule has 25 N–H and O–H groups in total. The number of carbonyl (C=O) groups is 9. The van der Waals surface area contributed by atoms with Gasteiger partial charge in [0.15, 0.2) is 40.5 Å². The number of ketones is 2. The second-order valence-electron chi connectivity index (χ2n) is 31.7. The number of amides is 10. The van der Waals surface area contributed by atoms with Crippen LogP contribution in [0.4, 0.5) is 53.7 Å². The number of thiol groups is 1. The van der Waals surface area contributed by atoms with Crippen molar-refractivity contribution in [3.63, 3.8) is 0 Å². The Morgan fingerprint density at radius 1 is 0.409 bits per heavy atom. The molecular formula is C76H135Cl3N26O19S4Si4. The second-order valence-corrected chi connectivity index (χ2v) is 52.3. The minimum atomic E-state index is -2.91. The Labute approximate surface area is 808 Å². The highest BCUT2D eigenvalue weighted by molar-refractivity contribution is 8.14. The van der Waals surface area contributed by atoms with Crippen molar-refractivity contribution in [3.8, 4) is 0 Å². The molecule has 5 heterocycles. The number of rotatable bonds is 49. The first-order chi connectivity index (χ1) is 60.4. The Kier molecular flexibility index (Phi) is 66.5. The number of nitrogens with zero attached hydrogens (tertiary/aromatic N) is 5. The van der Waals surface area contributed by atoms with Crippen molar-refractivity contribution in [3.05, 3.63) is 111 Å². The first kappa shape index (κ1) is 127. The number of Topliss-reactive ketones (excluding diaryl/α,β-unsaturated/α-hetero) is 2.